The summed E-state index contributed by atoms with van der Waals surface area (Å²) < 4.78 is 13.3. The molecular weight excluding hydrogens is 432 g/mol. The Morgan fingerprint density at radius 3 is 2.45 bits per heavy atom. The zero-order chi connectivity index (χ0) is 22.8. The summed E-state index contributed by atoms with van der Waals surface area (Å²) in [6, 6.07) is 25.9. The van der Waals surface area contributed by atoms with Crippen LogP contribution in [0.3, 0.4) is 0 Å². The Labute approximate surface area is 198 Å². The molecule has 1 aliphatic rings. The molecule has 4 aromatic rings. The van der Waals surface area contributed by atoms with Gasteiger partial charge in [0.05, 0.1) is 31.6 Å². The van der Waals surface area contributed by atoms with E-state index in [0.717, 1.165) is 28.5 Å². The Bertz CT molecular complexity index is 1260. The molecule has 1 aliphatic heterocycles. The molecule has 2 aromatic heterocycles. The van der Waals surface area contributed by atoms with Crippen LogP contribution in [0, 0.1) is 0 Å². The lowest BCUT2D eigenvalue weighted by Crippen LogP contribution is -2.30. The van der Waals surface area contributed by atoms with E-state index < -0.39 is 0 Å². The minimum absolute atomic E-state index is 0.150. The third kappa shape index (κ3) is 3.81. The molecule has 166 valence electrons. The van der Waals surface area contributed by atoms with Crippen molar-refractivity contribution >= 4 is 23.0 Å². The maximum absolute atomic E-state index is 5.87. The number of hydrogen-bond acceptors (Lipinski definition) is 4. The van der Waals surface area contributed by atoms with Crippen molar-refractivity contribution in [2.45, 2.75) is 12.1 Å². The molecule has 0 amide bonds. The van der Waals surface area contributed by atoms with Crippen molar-refractivity contribution in [2.75, 3.05) is 19.1 Å². The van der Waals surface area contributed by atoms with Gasteiger partial charge >= 0.3 is 0 Å². The second-order valence-corrected chi connectivity index (χ2v) is 8.06. The van der Waals surface area contributed by atoms with Crippen molar-refractivity contribution in [3.8, 4) is 17.2 Å². The molecule has 5 rings (SSSR count). The van der Waals surface area contributed by atoms with Gasteiger partial charge in [-0.1, -0.05) is 24.3 Å². The van der Waals surface area contributed by atoms with Gasteiger partial charge < -0.3 is 24.3 Å². The molecule has 2 atom stereocenters. The maximum Gasteiger partial charge on any atom is 0.174 e. The third-order valence-electron chi connectivity index (χ3n) is 5.86. The van der Waals surface area contributed by atoms with Crippen molar-refractivity contribution in [1.29, 1.82) is 0 Å². The normalized spacial score (nSPS) is 17.6. The number of anilines is 1. The number of pyridine rings is 1. The number of aromatic nitrogens is 2. The molecule has 0 aliphatic carbocycles. The van der Waals surface area contributed by atoms with Crippen LogP contribution in [0.15, 0.2) is 91.3 Å². The number of benzene rings is 2. The molecule has 2 unspecified atom stereocenters. The molecule has 0 bridgehead atoms. The van der Waals surface area contributed by atoms with Crippen LogP contribution in [0.2, 0.25) is 0 Å². The Balaban J connectivity index is 1.69. The molecule has 33 heavy (non-hydrogen) atoms. The number of nitrogens with zero attached hydrogens (tertiary/aromatic N) is 3. The SMILES string of the molecule is COc1ccc(N2C(=S)NC(c3ccccn3)C2c2cccn2-c2ccccc2)c(OC)c1. The van der Waals surface area contributed by atoms with E-state index in [1.807, 2.05) is 60.8 Å². The summed E-state index contributed by atoms with van der Waals surface area (Å²) in [6.45, 7) is 0. The van der Waals surface area contributed by atoms with Gasteiger partial charge in [-0.15, -0.1) is 0 Å². The lowest BCUT2D eigenvalue weighted by molar-refractivity contribution is 0.394. The Morgan fingerprint density at radius 2 is 1.73 bits per heavy atom. The molecule has 1 N–H and O–H groups in total. The first-order valence-corrected chi connectivity index (χ1v) is 11.1. The number of para-hydroxylation sites is 1. The van der Waals surface area contributed by atoms with Gasteiger partial charge in [0, 0.05) is 29.8 Å². The van der Waals surface area contributed by atoms with Crippen molar-refractivity contribution < 1.29 is 9.47 Å². The standard InChI is InChI=1S/C26H24N4O2S/c1-31-19-13-14-21(23(17-19)32-2)30-25(24(28-26(30)33)20-11-6-7-15-27-20)22-12-8-16-29(22)18-9-4-3-5-10-18/h3-17,24-25H,1-2H3,(H,28,33). The summed E-state index contributed by atoms with van der Waals surface area (Å²) in [4.78, 5) is 6.76. The van der Waals surface area contributed by atoms with Crippen molar-refractivity contribution in [3.63, 3.8) is 0 Å². The molecule has 2 aromatic carbocycles. The number of rotatable bonds is 6. The molecule has 1 saturated heterocycles. The summed E-state index contributed by atoms with van der Waals surface area (Å²) in [5, 5.41) is 4.12. The number of ether oxygens (including phenoxy) is 2. The van der Waals surface area contributed by atoms with Crippen LogP contribution in [0.4, 0.5) is 5.69 Å². The summed E-state index contributed by atoms with van der Waals surface area (Å²) in [5.74, 6) is 1.40. The fourth-order valence-electron chi connectivity index (χ4n) is 4.36. The molecule has 6 nitrogen and oxygen atoms in total. The van der Waals surface area contributed by atoms with Gasteiger partial charge in [-0.2, -0.15) is 0 Å². The van der Waals surface area contributed by atoms with Crippen LogP contribution in [0.25, 0.3) is 5.69 Å². The van der Waals surface area contributed by atoms with E-state index in [2.05, 4.69) is 50.2 Å². The minimum atomic E-state index is -0.162. The smallest absolute Gasteiger partial charge is 0.174 e. The summed E-state index contributed by atoms with van der Waals surface area (Å²) in [5.41, 5.74) is 3.94. The van der Waals surface area contributed by atoms with Gasteiger partial charge in [0.25, 0.3) is 0 Å². The second-order valence-electron chi connectivity index (χ2n) is 7.67. The van der Waals surface area contributed by atoms with E-state index in [1.54, 1.807) is 14.2 Å². The highest BCUT2D eigenvalue weighted by molar-refractivity contribution is 7.80. The molecule has 1 fully saturated rings. The average Bonchev–Trinajstić information content (AvgIpc) is 3.49. The highest BCUT2D eigenvalue weighted by atomic mass is 32.1. The monoisotopic (exact) mass is 456 g/mol. The van der Waals surface area contributed by atoms with Crippen LogP contribution in [0.5, 0.6) is 11.5 Å². The van der Waals surface area contributed by atoms with Crippen molar-refractivity contribution in [1.82, 2.24) is 14.9 Å². The van der Waals surface area contributed by atoms with Gasteiger partial charge in [0.1, 0.15) is 17.5 Å². The zero-order valence-electron chi connectivity index (χ0n) is 18.4. The molecule has 0 spiro atoms. The molecule has 3 heterocycles. The van der Waals surface area contributed by atoms with Crippen molar-refractivity contribution in [2.24, 2.45) is 0 Å². The topological polar surface area (TPSA) is 51.5 Å². The summed E-state index contributed by atoms with van der Waals surface area (Å²) >= 11 is 5.87. The van der Waals surface area contributed by atoms with Gasteiger partial charge in [-0.05, 0) is 60.7 Å². The quantitative estimate of drug-likeness (QED) is 0.409. The number of hydrogen-bond donors (Lipinski definition) is 1. The van der Waals surface area contributed by atoms with E-state index >= 15 is 0 Å². The average molecular weight is 457 g/mol. The minimum Gasteiger partial charge on any atom is -0.497 e. The van der Waals surface area contributed by atoms with E-state index in [1.165, 1.54) is 0 Å². The van der Waals surface area contributed by atoms with Gasteiger partial charge in [-0.3, -0.25) is 4.98 Å². The first-order valence-electron chi connectivity index (χ1n) is 10.7. The lowest BCUT2D eigenvalue weighted by Gasteiger charge is -2.30. The predicted octanol–water partition coefficient (Wildman–Crippen LogP) is 5.07. The Hall–Kier alpha value is -3.84. The van der Waals surface area contributed by atoms with Crippen LogP contribution >= 0.6 is 12.2 Å². The van der Waals surface area contributed by atoms with Crippen LogP contribution in [0.1, 0.15) is 23.5 Å². The zero-order valence-corrected chi connectivity index (χ0v) is 19.2. The van der Waals surface area contributed by atoms with Crippen LogP contribution < -0.4 is 19.7 Å². The highest BCUT2D eigenvalue weighted by Gasteiger charge is 2.43. The van der Waals surface area contributed by atoms with E-state index in [9.17, 15) is 0 Å². The Kier molecular flexibility index (Phi) is 5.71. The van der Waals surface area contributed by atoms with Crippen molar-refractivity contribution in [3.05, 3.63) is 103 Å². The maximum atomic E-state index is 5.87. The molecule has 0 radical (unpaired) electrons. The Morgan fingerprint density at radius 1 is 0.909 bits per heavy atom. The fourth-order valence-corrected chi connectivity index (χ4v) is 4.70. The van der Waals surface area contributed by atoms with E-state index in [-0.39, 0.29) is 12.1 Å². The first-order chi connectivity index (χ1) is 16.2. The molecule has 7 heteroatoms. The third-order valence-corrected chi connectivity index (χ3v) is 6.18. The summed E-state index contributed by atoms with van der Waals surface area (Å²) in [6.07, 6.45) is 3.88. The van der Waals surface area contributed by atoms with E-state index in [0.29, 0.717) is 10.9 Å². The van der Waals surface area contributed by atoms with E-state index in [4.69, 9.17) is 21.7 Å². The second kappa shape index (κ2) is 8.96. The largest absolute Gasteiger partial charge is 0.497 e. The number of methoxy groups -OCH3 is 2. The predicted molar refractivity (Wildman–Crippen MR) is 133 cm³/mol. The first kappa shape index (κ1) is 21.0. The summed E-state index contributed by atoms with van der Waals surface area (Å²) in [7, 11) is 3.30. The molecule has 0 saturated carbocycles. The fraction of sp³-hybridized carbons (Fsp3) is 0.154. The number of thiocarbonyl (C=S) groups is 1. The molecular formula is C26H24N4O2S. The van der Waals surface area contributed by atoms with Crippen LogP contribution in [-0.2, 0) is 0 Å². The van der Waals surface area contributed by atoms with Gasteiger partial charge in [0.15, 0.2) is 5.11 Å². The van der Waals surface area contributed by atoms with Gasteiger partial charge in [0.2, 0.25) is 0 Å². The lowest BCUT2D eigenvalue weighted by atomic mass is 10.0. The number of nitrogens with one attached hydrogen (secondary N) is 1. The van der Waals surface area contributed by atoms with Gasteiger partial charge in [-0.25, -0.2) is 0 Å². The van der Waals surface area contributed by atoms with Crippen LogP contribution in [-0.4, -0.2) is 28.9 Å². The highest BCUT2D eigenvalue weighted by Crippen LogP contribution is 2.45.